The van der Waals surface area contributed by atoms with Crippen LogP contribution < -0.4 is 0 Å². The van der Waals surface area contributed by atoms with Gasteiger partial charge < -0.3 is 9.47 Å². The summed E-state index contributed by atoms with van der Waals surface area (Å²) in [4.78, 5) is 2.51. The molecule has 0 saturated carbocycles. The van der Waals surface area contributed by atoms with Crippen molar-refractivity contribution in [2.45, 2.75) is 37.4 Å². The third-order valence-electron chi connectivity index (χ3n) is 3.16. The average molecular weight is 256 g/mol. The zero-order valence-electron chi connectivity index (χ0n) is 10.3. The van der Waals surface area contributed by atoms with Gasteiger partial charge in [0.15, 0.2) is 0 Å². The Kier molecular flexibility index (Phi) is 4.67. The zero-order valence-corrected chi connectivity index (χ0v) is 11.2. The third-order valence-corrected chi connectivity index (χ3v) is 3.99. The highest BCUT2D eigenvalue weighted by molar-refractivity contribution is 7.84. The minimum Gasteiger partial charge on any atom is -0.307 e. The molecule has 1 aliphatic heterocycles. The van der Waals surface area contributed by atoms with Gasteiger partial charge in [-0.1, -0.05) is 6.42 Å². The van der Waals surface area contributed by atoms with Crippen LogP contribution in [0, 0.1) is 0 Å². The smallest absolute Gasteiger partial charge is 0.221 e. The third kappa shape index (κ3) is 3.61. The lowest BCUT2D eigenvalue weighted by atomic mass is 10.1. The van der Waals surface area contributed by atoms with Crippen LogP contribution in [0.4, 0.5) is 0 Å². The van der Waals surface area contributed by atoms with Crippen LogP contribution in [0.3, 0.4) is 0 Å². The number of nitrogens with zero attached hydrogens (tertiary/aromatic N) is 4. The fraction of sp³-hybridized carbons (Fsp3) is 0.818. The van der Waals surface area contributed by atoms with Crippen molar-refractivity contribution in [3.8, 4) is 0 Å². The summed E-state index contributed by atoms with van der Waals surface area (Å²) in [5.74, 6) is 0. The molecule has 0 spiro atoms. The van der Waals surface area contributed by atoms with Gasteiger partial charge in [-0.25, -0.2) is 0 Å². The highest BCUT2D eigenvalue weighted by Crippen LogP contribution is 2.09. The molecular weight excluding hydrogens is 236 g/mol. The van der Waals surface area contributed by atoms with Crippen LogP contribution in [0.15, 0.2) is 11.5 Å². The Balaban J connectivity index is 1.77. The second-order valence-electron chi connectivity index (χ2n) is 4.52. The normalized spacial score (nSPS) is 19.4. The average Bonchev–Trinajstić information content (AvgIpc) is 2.79. The lowest BCUT2D eigenvalue weighted by Gasteiger charge is -2.26. The summed E-state index contributed by atoms with van der Waals surface area (Å²) in [5, 5.41) is 8.28. The van der Waals surface area contributed by atoms with Crippen molar-refractivity contribution in [1.29, 1.82) is 0 Å². The molecule has 1 aromatic heterocycles. The van der Waals surface area contributed by atoms with Gasteiger partial charge in [0, 0.05) is 12.8 Å². The van der Waals surface area contributed by atoms with Crippen molar-refractivity contribution in [2.24, 2.45) is 0 Å². The molecule has 1 aliphatic rings. The Labute approximate surface area is 105 Å². The first kappa shape index (κ1) is 12.7. The van der Waals surface area contributed by atoms with Crippen LogP contribution in [-0.2, 0) is 17.3 Å². The van der Waals surface area contributed by atoms with Crippen molar-refractivity contribution >= 4 is 10.8 Å². The van der Waals surface area contributed by atoms with Crippen molar-refractivity contribution in [3.63, 3.8) is 0 Å². The van der Waals surface area contributed by atoms with Crippen molar-refractivity contribution in [3.05, 3.63) is 6.33 Å². The number of piperidine rings is 1. The second-order valence-corrected chi connectivity index (χ2v) is 5.79. The predicted octanol–water partition coefficient (Wildman–Crippen LogP) is 0.891. The Hall–Kier alpha value is -0.750. The number of aromatic nitrogens is 3. The van der Waals surface area contributed by atoms with E-state index >= 15 is 0 Å². The van der Waals surface area contributed by atoms with E-state index in [2.05, 4.69) is 15.1 Å². The summed E-state index contributed by atoms with van der Waals surface area (Å²) in [7, 11) is -1.04. The van der Waals surface area contributed by atoms with E-state index in [0.29, 0.717) is 5.16 Å². The molecule has 5 nitrogen and oxygen atoms in total. The van der Waals surface area contributed by atoms with Crippen LogP contribution in [0.1, 0.15) is 25.7 Å². The van der Waals surface area contributed by atoms with Gasteiger partial charge in [-0.05, 0) is 38.9 Å². The number of hydrogen-bond donors (Lipinski definition) is 0. The molecule has 0 aliphatic carbocycles. The van der Waals surface area contributed by atoms with Crippen LogP contribution >= 0.6 is 0 Å². The molecule has 0 aromatic carbocycles. The molecule has 17 heavy (non-hydrogen) atoms. The lowest BCUT2D eigenvalue weighted by molar-refractivity contribution is 0.222. The first-order valence-corrected chi connectivity index (χ1v) is 7.77. The van der Waals surface area contributed by atoms with Gasteiger partial charge in [-0.2, -0.15) is 0 Å². The van der Waals surface area contributed by atoms with E-state index in [4.69, 9.17) is 0 Å². The molecule has 1 atom stereocenters. The van der Waals surface area contributed by atoms with Crippen molar-refractivity contribution in [1.82, 2.24) is 19.7 Å². The Morgan fingerprint density at radius 1 is 1.29 bits per heavy atom. The fourth-order valence-electron chi connectivity index (χ4n) is 2.27. The number of rotatable bonds is 5. The van der Waals surface area contributed by atoms with Crippen LogP contribution in [0.2, 0.25) is 0 Å². The van der Waals surface area contributed by atoms with Crippen LogP contribution in [0.25, 0.3) is 0 Å². The van der Waals surface area contributed by atoms with Gasteiger partial charge in [-0.15, -0.1) is 10.2 Å². The number of hydrogen-bond acceptors (Lipinski definition) is 4. The van der Waals surface area contributed by atoms with Gasteiger partial charge >= 0.3 is 0 Å². The maximum atomic E-state index is 11.4. The van der Waals surface area contributed by atoms with Gasteiger partial charge in [-0.3, -0.25) is 4.21 Å². The summed E-state index contributed by atoms with van der Waals surface area (Å²) in [6.07, 6.45) is 8.43. The summed E-state index contributed by atoms with van der Waals surface area (Å²) < 4.78 is 13.3. The maximum absolute atomic E-state index is 11.4. The van der Waals surface area contributed by atoms with E-state index in [1.54, 1.807) is 12.6 Å². The SMILES string of the molecule is CS(=O)c1nncn1CCCN1CCCCC1. The molecular formula is C11H20N4OS. The topological polar surface area (TPSA) is 51.0 Å². The zero-order chi connectivity index (χ0) is 12.1. The molecule has 1 unspecified atom stereocenters. The first-order valence-electron chi connectivity index (χ1n) is 6.21. The summed E-state index contributed by atoms with van der Waals surface area (Å²) in [6.45, 7) is 4.44. The van der Waals surface area contributed by atoms with Crippen LogP contribution in [0.5, 0.6) is 0 Å². The van der Waals surface area contributed by atoms with E-state index < -0.39 is 10.8 Å². The highest BCUT2D eigenvalue weighted by atomic mass is 32.2. The van der Waals surface area contributed by atoms with E-state index in [0.717, 1.165) is 19.5 Å². The standard InChI is InChI=1S/C11H20N4OS/c1-17(16)11-13-12-10-15(11)9-5-8-14-6-3-2-4-7-14/h10H,2-9H2,1H3. The molecule has 2 rings (SSSR count). The predicted molar refractivity (Wildman–Crippen MR) is 67.3 cm³/mol. The number of aryl methyl sites for hydroxylation is 1. The molecule has 1 fully saturated rings. The van der Waals surface area contributed by atoms with Gasteiger partial charge in [0.25, 0.3) is 0 Å². The molecule has 1 aromatic rings. The molecule has 6 heteroatoms. The highest BCUT2D eigenvalue weighted by Gasteiger charge is 2.11. The largest absolute Gasteiger partial charge is 0.307 e. The first-order chi connectivity index (χ1) is 8.27. The van der Waals surface area contributed by atoms with Crippen LogP contribution in [-0.4, -0.2) is 49.8 Å². The van der Waals surface area contributed by atoms with Crippen molar-refractivity contribution < 1.29 is 4.21 Å². The minimum absolute atomic E-state index is 0.587. The summed E-state index contributed by atoms with van der Waals surface area (Å²) >= 11 is 0. The Bertz CT molecular complexity index is 373. The molecule has 0 N–H and O–H groups in total. The van der Waals surface area contributed by atoms with Gasteiger partial charge in [0.1, 0.15) is 6.33 Å². The molecule has 0 amide bonds. The quantitative estimate of drug-likeness (QED) is 0.785. The summed E-state index contributed by atoms with van der Waals surface area (Å²) in [6, 6.07) is 0. The molecule has 0 radical (unpaired) electrons. The van der Waals surface area contributed by atoms with Gasteiger partial charge in [0.2, 0.25) is 5.16 Å². The Morgan fingerprint density at radius 2 is 2.06 bits per heavy atom. The van der Waals surface area contributed by atoms with E-state index in [1.165, 1.54) is 32.4 Å². The van der Waals surface area contributed by atoms with E-state index in [1.807, 2.05) is 4.57 Å². The molecule has 1 saturated heterocycles. The lowest BCUT2D eigenvalue weighted by Crippen LogP contribution is -2.31. The van der Waals surface area contributed by atoms with E-state index in [9.17, 15) is 4.21 Å². The molecule has 2 heterocycles. The Morgan fingerprint density at radius 3 is 2.76 bits per heavy atom. The van der Waals surface area contributed by atoms with Gasteiger partial charge in [0.05, 0.1) is 10.8 Å². The van der Waals surface area contributed by atoms with E-state index in [-0.39, 0.29) is 0 Å². The fourth-order valence-corrected chi connectivity index (χ4v) is 2.90. The maximum Gasteiger partial charge on any atom is 0.221 e. The van der Waals surface area contributed by atoms with Crippen molar-refractivity contribution in [2.75, 3.05) is 25.9 Å². The monoisotopic (exact) mass is 256 g/mol. The molecule has 96 valence electrons. The summed E-state index contributed by atoms with van der Waals surface area (Å²) in [5.41, 5.74) is 0. The number of likely N-dealkylation sites (tertiary alicyclic amines) is 1. The molecule has 0 bridgehead atoms. The second kappa shape index (κ2) is 6.26. The minimum atomic E-state index is -1.04.